The van der Waals surface area contributed by atoms with Crippen molar-refractivity contribution in [2.75, 3.05) is 0 Å². The molecule has 0 aromatic heterocycles. The van der Waals surface area contributed by atoms with E-state index in [1.165, 1.54) is 11.1 Å². The molecule has 2 rings (SSSR count). The molecular weight excluding hydrogens is 241 g/mol. The molecule has 0 saturated carbocycles. The van der Waals surface area contributed by atoms with Gasteiger partial charge in [-0.2, -0.15) is 0 Å². The molecule has 0 aliphatic heterocycles. The van der Waals surface area contributed by atoms with Crippen LogP contribution in [0.25, 0.3) is 6.08 Å². The first kappa shape index (κ1) is 11.7. The van der Waals surface area contributed by atoms with Crippen molar-refractivity contribution < 1.29 is 0 Å². The Kier molecular flexibility index (Phi) is 3.36. The van der Waals surface area contributed by atoms with E-state index in [4.69, 9.17) is 28.6 Å². The summed E-state index contributed by atoms with van der Waals surface area (Å²) in [5, 5.41) is 8.50. The van der Waals surface area contributed by atoms with Crippen LogP contribution >= 0.6 is 23.2 Å². The van der Waals surface area contributed by atoms with Crippen LogP contribution in [0.15, 0.2) is 17.2 Å². The zero-order chi connectivity index (χ0) is 11.7. The topological polar surface area (TPSA) is 23.9 Å². The number of aryl methyl sites for hydroxylation is 1. The molecule has 1 N–H and O–H groups in total. The molecule has 0 radical (unpaired) electrons. The molecule has 84 valence electrons. The lowest BCUT2D eigenvalue weighted by atomic mass is 9.98. The quantitative estimate of drug-likeness (QED) is 0.759. The second kappa shape index (κ2) is 4.60. The average molecular weight is 254 g/mol. The normalized spacial score (nSPS) is 15.1. The van der Waals surface area contributed by atoms with Crippen LogP contribution in [0.2, 0.25) is 0 Å². The summed E-state index contributed by atoms with van der Waals surface area (Å²) in [6.07, 6.45) is 5.13. The summed E-state index contributed by atoms with van der Waals surface area (Å²) < 4.78 is 0. The van der Waals surface area contributed by atoms with Crippen LogP contribution in [0.3, 0.4) is 0 Å². The van der Waals surface area contributed by atoms with Crippen LogP contribution in [0, 0.1) is 5.41 Å². The van der Waals surface area contributed by atoms with Crippen molar-refractivity contribution in [2.45, 2.75) is 26.2 Å². The van der Waals surface area contributed by atoms with E-state index in [1.807, 2.05) is 19.1 Å². The maximum absolute atomic E-state index is 7.68. The molecule has 1 aromatic rings. The van der Waals surface area contributed by atoms with E-state index in [9.17, 15) is 0 Å². The summed E-state index contributed by atoms with van der Waals surface area (Å²) >= 11 is 11.8. The molecule has 1 nitrogen and oxygen atoms in total. The predicted octanol–water partition coefficient (Wildman–Crippen LogP) is 4.34. The van der Waals surface area contributed by atoms with Crippen molar-refractivity contribution in [3.63, 3.8) is 0 Å². The van der Waals surface area contributed by atoms with Crippen LogP contribution in [-0.2, 0) is 12.8 Å². The lowest BCUT2D eigenvalue weighted by Gasteiger charge is -2.10. The molecule has 0 amide bonds. The number of fused-ring (bicyclic) bond motifs is 1. The highest BCUT2D eigenvalue weighted by atomic mass is 35.5. The zero-order valence-corrected chi connectivity index (χ0v) is 10.6. The third-order valence-corrected chi connectivity index (χ3v) is 3.19. The third-order valence-electron chi connectivity index (χ3n) is 2.89. The van der Waals surface area contributed by atoms with Crippen molar-refractivity contribution in [1.29, 1.82) is 5.41 Å². The van der Waals surface area contributed by atoms with E-state index in [0.29, 0.717) is 5.03 Å². The second-order valence-electron chi connectivity index (χ2n) is 4.07. The smallest absolute Gasteiger partial charge is 0.128 e. The van der Waals surface area contributed by atoms with E-state index >= 15 is 0 Å². The Hall–Kier alpha value is -0.790. The Morgan fingerprint density at radius 1 is 1.31 bits per heavy atom. The van der Waals surface area contributed by atoms with Gasteiger partial charge in [0, 0.05) is 10.6 Å². The average Bonchev–Trinajstić information content (AvgIpc) is 2.63. The lowest BCUT2D eigenvalue weighted by molar-refractivity contribution is 0.911. The summed E-state index contributed by atoms with van der Waals surface area (Å²) in [4.78, 5) is 0. The van der Waals surface area contributed by atoms with Gasteiger partial charge in [0.25, 0.3) is 0 Å². The number of benzene rings is 1. The number of hydrogen-bond donors (Lipinski definition) is 1. The Bertz CT molecular complexity index is 471. The number of hydrogen-bond acceptors (Lipinski definition) is 1. The van der Waals surface area contributed by atoms with Gasteiger partial charge in [-0.05, 0) is 49.0 Å². The van der Waals surface area contributed by atoms with Gasteiger partial charge >= 0.3 is 0 Å². The molecule has 0 atom stereocenters. The van der Waals surface area contributed by atoms with Gasteiger partial charge in [0.05, 0.1) is 0 Å². The predicted molar refractivity (Wildman–Crippen MR) is 70.7 cm³/mol. The molecule has 0 heterocycles. The maximum atomic E-state index is 7.68. The molecule has 16 heavy (non-hydrogen) atoms. The van der Waals surface area contributed by atoms with E-state index in [0.717, 1.165) is 30.4 Å². The third kappa shape index (κ3) is 2.16. The van der Waals surface area contributed by atoms with Gasteiger partial charge in [0.15, 0.2) is 0 Å². The number of nitrogens with one attached hydrogen (secondary N) is 1. The van der Waals surface area contributed by atoms with Crippen molar-refractivity contribution in [3.05, 3.63) is 39.4 Å². The molecule has 1 aliphatic carbocycles. The summed E-state index contributed by atoms with van der Waals surface area (Å²) in [7, 11) is 0. The van der Waals surface area contributed by atoms with Crippen molar-refractivity contribution in [2.24, 2.45) is 0 Å². The highest BCUT2D eigenvalue weighted by molar-refractivity contribution is 6.69. The maximum Gasteiger partial charge on any atom is 0.128 e. The van der Waals surface area contributed by atoms with Crippen molar-refractivity contribution in [3.8, 4) is 0 Å². The van der Waals surface area contributed by atoms with E-state index in [-0.39, 0.29) is 5.17 Å². The van der Waals surface area contributed by atoms with Gasteiger partial charge in [-0.3, -0.25) is 5.41 Å². The molecule has 0 fully saturated rings. The number of halogens is 2. The Morgan fingerprint density at radius 2 is 2.06 bits per heavy atom. The van der Waals surface area contributed by atoms with Crippen LogP contribution in [0.5, 0.6) is 0 Å². The lowest BCUT2D eigenvalue weighted by Crippen LogP contribution is -2.00. The van der Waals surface area contributed by atoms with Gasteiger partial charge in [-0.1, -0.05) is 35.3 Å². The first-order valence-electron chi connectivity index (χ1n) is 5.32. The van der Waals surface area contributed by atoms with E-state index < -0.39 is 0 Å². The Labute approximate surface area is 106 Å². The molecule has 3 heteroatoms. The van der Waals surface area contributed by atoms with Crippen LogP contribution < -0.4 is 0 Å². The highest BCUT2D eigenvalue weighted by Crippen LogP contribution is 2.30. The monoisotopic (exact) mass is 253 g/mol. The molecule has 1 aromatic carbocycles. The van der Waals surface area contributed by atoms with Crippen LogP contribution in [-0.4, -0.2) is 5.17 Å². The molecule has 0 bridgehead atoms. The number of rotatable bonds is 2. The largest absolute Gasteiger partial charge is 0.289 e. The van der Waals surface area contributed by atoms with Crippen LogP contribution in [0.4, 0.5) is 0 Å². The summed E-state index contributed by atoms with van der Waals surface area (Å²) in [6.45, 7) is 1.83. The zero-order valence-electron chi connectivity index (χ0n) is 9.11. The fourth-order valence-corrected chi connectivity index (χ4v) is 2.62. The highest BCUT2D eigenvalue weighted by Gasteiger charge is 2.18. The SMILES string of the molecule is C/C(Cl)=C\c1ccc2c(c1C(=N)Cl)CCC2. The van der Waals surface area contributed by atoms with Gasteiger partial charge in [-0.15, -0.1) is 0 Å². The van der Waals surface area contributed by atoms with Gasteiger partial charge in [0.2, 0.25) is 0 Å². The molecular formula is C13H13Cl2N. The van der Waals surface area contributed by atoms with Crippen LogP contribution in [0.1, 0.15) is 35.6 Å². The molecule has 1 aliphatic rings. The molecule has 0 saturated heterocycles. The standard InChI is InChI=1S/C13H13Cl2N/c1-8(14)7-10-6-5-9-3-2-4-11(9)12(10)13(15)16/h5-7,16H,2-4H2,1H3/b8-7+,16-13?. The van der Waals surface area contributed by atoms with Crippen molar-refractivity contribution >= 4 is 34.4 Å². The fraction of sp³-hybridized carbons (Fsp3) is 0.308. The fourth-order valence-electron chi connectivity index (χ4n) is 2.28. The Morgan fingerprint density at radius 3 is 2.69 bits per heavy atom. The number of allylic oxidation sites excluding steroid dienone is 1. The van der Waals surface area contributed by atoms with E-state index in [2.05, 4.69) is 6.07 Å². The minimum Gasteiger partial charge on any atom is -0.289 e. The molecule has 0 spiro atoms. The first-order chi connectivity index (χ1) is 7.59. The first-order valence-corrected chi connectivity index (χ1v) is 6.08. The minimum absolute atomic E-state index is 0.114. The van der Waals surface area contributed by atoms with Gasteiger partial charge < -0.3 is 0 Å². The summed E-state index contributed by atoms with van der Waals surface area (Å²) in [6, 6.07) is 4.12. The minimum atomic E-state index is 0.114. The second-order valence-corrected chi connectivity index (χ2v) is 5.04. The summed E-state index contributed by atoms with van der Waals surface area (Å²) in [5.41, 5.74) is 4.36. The Balaban J connectivity index is 2.63. The molecule has 0 unspecified atom stereocenters. The van der Waals surface area contributed by atoms with Gasteiger partial charge in [-0.25, -0.2) is 0 Å². The summed E-state index contributed by atoms with van der Waals surface area (Å²) in [5.74, 6) is 0. The van der Waals surface area contributed by atoms with Crippen molar-refractivity contribution in [1.82, 2.24) is 0 Å². The van der Waals surface area contributed by atoms with Gasteiger partial charge in [0.1, 0.15) is 5.17 Å². The van der Waals surface area contributed by atoms with E-state index in [1.54, 1.807) is 0 Å².